The highest BCUT2D eigenvalue weighted by atomic mass is 16.5. The van der Waals surface area contributed by atoms with Crippen molar-refractivity contribution in [3.05, 3.63) is 23.8 Å². The van der Waals surface area contributed by atoms with Crippen molar-refractivity contribution in [2.24, 2.45) is 0 Å². The number of hydrogen-bond donors (Lipinski definition) is 2. The molecule has 4 heteroatoms. The fourth-order valence-electron chi connectivity index (χ4n) is 1.29. The third kappa shape index (κ3) is 2.62. The first-order valence-electron chi connectivity index (χ1n) is 4.74. The second-order valence-electron chi connectivity index (χ2n) is 3.22. The monoisotopic (exact) mass is 210 g/mol. The second kappa shape index (κ2) is 4.68. The van der Waals surface area contributed by atoms with E-state index in [1.54, 1.807) is 19.9 Å². The Balaban J connectivity index is 3.10. The molecule has 15 heavy (non-hydrogen) atoms. The standard InChI is InChI=1S/C11H14O4/c1-3-15-10-6-8(12)4-5-9(10)7(2)11(13)14/h4-7,12H,3H2,1-2H3,(H,13,14). The zero-order valence-corrected chi connectivity index (χ0v) is 8.73. The molecule has 0 aliphatic rings. The lowest BCUT2D eigenvalue weighted by atomic mass is 10.0. The summed E-state index contributed by atoms with van der Waals surface area (Å²) >= 11 is 0. The number of aliphatic carboxylic acids is 1. The smallest absolute Gasteiger partial charge is 0.310 e. The average molecular weight is 210 g/mol. The maximum atomic E-state index is 10.8. The molecule has 0 bridgehead atoms. The van der Waals surface area contributed by atoms with Crippen LogP contribution in [0.3, 0.4) is 0 Å². The molecule has 0 radical (unpaired) electrons. The normalized spacial score (nSPS) is 12.1. The lowest BCUT2D eigenvalue weighted by Crippen LogP contribution is -2.09. The summed E-state index contributed by atoms with van der Waals surface area (Å²) in [6.07, 6.45) is 0. The average Bonchev–Trinajstić information content (AvgIpc) is 2.17. The zero-order chi connectivity index (χ0) is 11.4. The molecule has 1 aromatic rings. The number of carboxylic acid groups (broad SMARTS) is 1. The largest absolute Gasteiger partial charge is 0.508 e. The van der Waals surface area contributed by atoms with Gasteiger partial charge in [-0.15, -0.1) is 0 Å². The third-order valence-corrected chi connectivity index (χ3v) is 2.13. The van der Waals surface area contributed by atoms with Crippen LogP contribution in [0.1, 0.15) is 25.3 Å². The molecule has 0 aromatic heterocycles. The molecule has 0 spiro atoms. The van der Waals surface area contributed by atoms with Crippen LogP contribution in [0, 0.1) is 0 Å². The van der Waals surface area contributed by atoms with Crippen molar-refractivity contribution < 1.29 is 19.7 Å². The van der Waals surface area contributed by atoms with Gasteiger partial charge in [0, 0.05) is 11.6 Å². The van der Waals surface area contributed by atoms with Gasteiger partial charge in [0.2, 0.25) is 0 Å². The van der Waals surface area contributed by atoms with Crippen LogP contribution in [-0.2, 0) is 4.79 Å². The fourth-order valence-corrected chi connectivity index (χ4v) is 1.29. The minimum atomic E-state index is -0.915. The lowest BCUT2D eigenvalue weighted by molar-refractivity contribution is -0.138. The molecule has 0 saturated heterocycles. The molecule has 0 heterocycles. The SMILES string of the molecule is CCOc1cc(O)ccc1C(C)C(=O)O. The van der Waals surface area contributed by atoms with Gasteiger partial charge >= 0.3 is 5.97 Å². The Morgan fingerprint density at radius 2 is 2.20 bits per heavy atom. The van der Waals surface area contributed by atoms with E-state index >= 15 is 0 Å². The van der Waals surface area contributed by atoms with Crippen molar-refractivity contribution in [2.45, 2.75) is 19.8 Å². The first kappa shape index (κ1) is 11.4. The Bertz CT molecular complexity index is 360. The molecule has 0 fully saturated rings. The zero-order valence-electron chi connectivity index (χ0n) is 8.73. The molecular formula is C11H14O4. The molecule has 0 aliphatic heterocycles. The Hall–Kier alpha value is -1.71. The number of hydrogen-bond acceptors (Lipinski definition) is 3. The van der Waals surface area contributed by atoms with Gasteiger partial charge in [-0.25, -0.2) is 0 Å². The number of phenols is 1. The number of carboxylic acids is 1. The summed E-state index contributed by atoms with van der Waals surface area (Å²) in [4.78, 5) is 10.8. The number of rotatable bonds is 4. The van der Waals surface area contributed by atoms with Crippen molar-refractivity contribution in [1.82, 2.24) is 0 Å². The second-order valence-corrected chi connectivity index (χ2v) is 3.22. The van der Waals surface area contributed by atoms with E-state index in [4.69, 9.17) is 9.84 Å². The quantitative estimate of drug-likeness (QED) is 0.797. The van der Waals surface area contributed by atoms with Crippen LogP contribution in [0.2, 0.25) is 0 Å². The summed E-state index contributed by atoms with van der Waals surface area (Å²) in [5, 5.41) is 18.1. The molecular weight excluding hydrogens is 196 g/mol. The van der Waals surface area contributed by atoms with E-state index < -0.39 is 11.9 Å². The molecule has 1 atom stereocenters. The van der Waals surface area contributed by atoms with E-state index in [9.17, 15) is 9.90 Å². The summed E-state index contributed by atoms with van der Waals surface area (Å²) in [5.74, 6) is -1.07. The summed E-state index contributed by atoms with van der Waals surface area (Å²) < 4.78 is 5.27. The Morgan fingerprint density at radius 3 is 2.73 bits per heavy atom. The van der Waals surface area contributed by atoms with Gasteiger partial charge in [-0.1, -0.05) is 6.07 Å². The number of carbonyl (C=O) groups is 1. The van der Waals surface area contributed by atoms with Crippen LogP contribution < -0.4 is 4.74 Å². The van der Waals surface area contributed by atoms with Gasteiger partial charge in [0.25, 0.3) is 0 Å². The molecule has 0 amide bonds. The fraction of sp³-hybridized carbons (Fsp3) is 0.364. The minimum Gasteiger partial charge on any atom is -0.508 e. The van der Waals surface area contributed by atoms with Crippen LogP contribution in [-0.4, -0.2) is 22.8 Å². The predicted octanol–water partition coefficient (Wildman–Crippen LogP) is 1.98. The lowest BCUT2D eigenvalue weighted by Gasteiger charge is -2.13. The van der Waals surface area contributed by atoms with Gasteiger partial charge in [-0.05, 0) is 19.9 Å². The highest BCUT2D eigenvalue weighted by Crippen LogP contribution is 2.30. The van der Waals surface area contributed by atoms with E-state index in [2.05, 4.69) is 0 Å². The molecule has 0 aliphatic carbocycles. The predicted molar refractivity (Wildman–Crippen MR) is 55.3 cm³/mol. The van der Waals surface area contributed by atoms with Crippen LogP contribution in [0.15, 0.2) is 18.2 Å². The summed E-state index contributed by atoms with van der Waals surface area (Å²) in [7, 11) is 0. The van der Waals surface area contributed by atoms with Crippen LogP contribution in [0.4, 0.5) is 0 Å². The number of phenolic OH excluding ortho intramolecular Hbond substituents is 1. The van der Waals surface area contributed by atoms with E-state index in [1.807, 2.05) is 0 Å². The van der Waals surface area contributed by atoms with Gasteiger partial charge in [-0.2, -0.15) is 0 Å². The van der Waals surface area contributed by atoms with E-state index in [1.165, 1.54) is 12.1 Å². The van der Waals surface area contributed by atoms with E-state index in [0.29, 0.717) is 17.9 Å². The third-order valence-electron chi connectivity index (χ3n) is 2.13. The molecule has 1 aromatic carbocycles. The van der Waals surface area contributed by atoms with Gasteiger partial charge in [0.05, 0.1) is 12.5 Å². The maximum absolute atomic E-state index is 10.8. The Kier molecular flexibility index (Phi) is 3.55. The van der Waals surface area contributed by atoms with Crippen LogP contribution in [0.5, 0.6) is 11.5 Å². The van der Waals surface area contributed by atoms with E-state index in [-0.39, 0.29) is 5.75 Å². The van der Waals surface area contributed by atoms with Crippen LogP contribution >= 0.6 is 0 Å². The van der Waals surface area contributed by atoms with Gasteiger partial charge in [-0.3, -0.25) is 4.79 Å². The van der Waals surface area contributed by atoms with Crippen molar-refractivity contribution in [1.29, 1.82) is 0 Å². The first-order chi connectivity index (χ1) is 7.06. The van der Waals surface area contributed by atoms with Crippen molar-refractivity contribution in [3.8, 4) is 11.5 Å². The number of ether oxygens (including phenoxy) is 1. The molecule has 0 saturated carbocycles. The molecule has 82 valence electrons. The molecule has 4 nitrogen and oxygen atoms in total. The molecule has 1 unspecified atom stereocenters. The minimum absolute atomic E-state index is 0.0692. The summed E-state index contributed by atoms with van der Waals surface area (Å²) in [6.45, 7) is 3.82. The van der Waals surface area contributed by atoms with Gasteiger partial charge < -0.3 is 14.9 Å². The first-order valence-corrected chi connectivity index (χ1v) is 4.74. The van der Waals surface area contributed by atoms with Crippen molar-refractivity contribution in [3.63, 3.8) is 0 Å². The van der Waals surface area contributed by atoms with Gasteiger partial charge in [0.1, 0.15) is 11.5 Å². The van der Waals surface area contributed by atoms with Crippen LogP contribution in [0.25, 0.3) is 0 Å². The molecule has 2 N–H and O–H groups in total. The summed E-state index contributed by atoms with van der Waals surface area (Å²) in [6, 6.07) is 4.45. The Labute approximate surface area is 88.1 Å². The maximum Gasteiger partial charge on any atom is 0.310 e. The summed E-state index contributed by atoms with van der Waals surface area (Å²) in [5.41, 5.74) is 0.571. The molecule has 1 rings (SSSR count). The van der Waals surface area contributed by atoms with E-state index in [0.717, 1.165) is 0 Å². The van der Waals surface area contributed by atoms with Crippen molar-refractivity contribution >= 4 is 5.97 Å². The van der Waals surface area contributed by atoms with Gasteiger partial charge in [0.15, 0.2) is 0 Å². The Morgan fingerprint density at radius 1 is 1.53 bits per heavy atom. The number of benzene rings is 1. The topological polar surface area (TPSA) is 66.8 Å². The highest BCUT2D eigenvalue weighted by molar-refractivity contribution is 5.76. The van der Waals surface area contributed by atoms with Crippen molar-refractivity contribution in [2.75, 3.05) is 6.61 Å². The number of aromatic hydroxyl groups is 1. The highest BCUT2D eigenvalue weighted by Gasteiger charge is 2.18.